The maximum Gasteiger partial charge on any atom is 0.330 e. The molecule has 168 valence electrons. The molecule has 0 bridgehead atoms. The molecule has 3 nitrogen and oxygen atoms in total. The molecule has 0 N–H and O–H groups in total. The Morgan fingerprint density at radius 2 is 1.41 bits per heavy atom. The number of hydrogen-bond donors (Lipinski definition) is 0. The third-order valence-corrected chi connectivity index (χ3v) is 10.3. The van der Waals surface area contributed by atoms with Crippen LogP contribution in [0.1, 0.15) is 27.7 Å². The van der Waals surface area contributed by atoms with Gasteiger partial charge in [0.25, 0.3) is 8.32 Å². The summed E-state index contributed by atoms with van der Waals surface area (Å²) in [6, 6.07) is 21.1. The van der Waals surface area contributed by atoms with Crippen LogP contribution in [0.25, 0.3) is 0 Å². The van der Waals surface area contributed by atoms with Crippen LogP contribution in [-0.2, 0) is 14.0 Å². The molecule has 0 aliphatic carbocycles. The Morgan fingerprint density at radius 1 is 0.906 bits per heavy atom. The van der Waals surface area contributed by atoms with Crippen LogP contribution in [0.5, 0.6) is 0 Å². The molecular weight excluding hydrogens is 412 g/mol. The first kappa shape index (κ1) is 25.3. The van der Waals surface area contributed by atoms with Gasteiger partial charge >= 0.3 is 5.97 Å². The highest BCUT2D eigenvalue weighted by molar-refractivity contribution is 6.99. The van der Waals surface area contributed by atoms with Crippen molar-refractivity contribution in [3.63, 3.8) is 0 Å². The Morgan fingerprint density at radius 3 is 1.84 bits per heavy atom. The van der Waals surface area contributed by atoms with Crippen LogP contribution < -0.4 is 10.4 Å². The molecule has 0 heterocycles. The minimum atomic E-state index is -2.68. The van der Waals surface area contributed by atoms with Crippen LogP contribution in [0.4, 0.5) is 0 Å². The molecule has 2 aromatic rings. The minimum absolute atomic E-state index is 0.115. The third kappa shape index (κ3) is 6.28. The van der Waals surface area contributed by atoms with Gasteiger partial charge in [-0.25, -0.2) is 4.79 Å². The summed E-state index contributed by atoms with van der Waals surface area (Å²) in [5.41, 5.74) is 0.938. The smallest absolute Gasteiger partial charge is 0.330 e. The molecule has 32 heavy (non-hydrogen) atoms. The van der Waals surface area contributed by atoms with Crippen molar-refractivity contribution in [1.82, 2.24) is 0 Å². The minimum Gasteiger partial charge on any atom is -0.466 e. The Hall–Kier alpha value is -2.95. The summed E-state index contributed by atoms with van der Waals surface area (Å²) in [5.74, 6) is -0.381. The van der Waals surface area contributed by atoms with Crippen molar-refractivity contribution in [1.29, 1.82) is 0 Å². The summed E-state index contributed by atoms with van der Waals surface area (Å²) in [7, 11) is -1.32. The van der Waals surface area contributed by atoms with Crippen LogP contribution in [0, 0.1) is 0 Å². The van der Waals surface area contributed by atoms with E-state index in [1.54, 1.807) is 12.2 Å². The quantitative estimate of drug-likeness (QED) is 0.171. The van der Waals surface area contributed by atoms with Gasteiger partial charge in [-0.05, 0) is 27.9 Å². The summed E-state index contributed by atoms with van der Waals surface area (Å²) < 4.78 is 11.7. The zero-order chi connectivity index (χ0) is 23.6. The highest BCUT2D eigenvalue weighted by atomic mass is 28.4. The zero-order valence-electron chi connectivity index (χ0n) is 19.7. The lowest BCUT2D eigenvalue weighted by molar-refractivity contribution is -0.134. The molecule has 0 fully saturated rings. The van der Waals surface area contributed by atoms with E-state index in [2.05, 4.69) is 80.6 Å². The van der Waals surface area contributed by atoms with Crippen LogP contribution in [0.15, 0.2) is 109 Å². The van der Waals surface area contributed by atoms with Crippen LogP contribution in [-0.4, -0.2) is 27.5 Å². The number of rotatable bonds is 9. The number of methoxy groups -OCH3 is 1. The van der Waals surface area contributed by atoms with E-state index in [9.17, 15) is 4.79 Å². The molecule has 0 radical (unpaired) electrons. The van der Waals surface area contributed by atoms with Gasteiger partial charge in [-0.3, -0.25) is 0 Å². The number of allylic oxidation sites excluding steroid dienone is 4. The van der Waals surface area contributed by atoms with E-state index in [4.69, 9.17) is 4.43 Å². The van der Waals surface area contributed by atoms with E-state index >= 15 is 0 Å². The number of hydrogen-bond acceptors (Lipinski definition) is 3. The molecule has 0 saturated carbocycles. The van der Waals surface area contributed by atoms with E-state index < -0.39 is 8.32 Å². The van der Waals surface area contributed by atoms with E-state index in [0.29, 0.717) is 0 Å². The van der Waals surface area contributed by atoms with Crippen LogP contribution in [0.3, 0.4) is 0 Å². The largest absolute Gasteiger partial charge is 0.466 e. The van der Waals surface area contributed by atoms with Gasteiger partial charge in [-0.15, -0.1) is 0 Å². The van der Waals surface area contributed by atoms with Gasteiger partial charge in [-0.2, -0.15) is 0 Å². The van der Waals surface area contributed by atoms with Gasteiger partial charge in [0.05, 0.1) is 13.2 Å². The van der Waals surface area contributed by atoms with Crippen molar-refractivity contribution in [3.05, 3.63) is 109 Å². The zero-order valence-corrected chi connectivity index (χ0v) is 20.7. The molecule has 0 saturated heterocycles. The second-order valence-electron chi connectivity index (χ2n) is 8.70. The summed E-state index contributed by atoms with van der Waals surface area (Å²) >= 11 is 0. The molecule has 0 aromatic heterocycles. The highest BCUT2D eigenvalue weighted by Gasteiger charge is 2.51. The summed E-state index contributed by atoms with van der Waals surface area (Å²) in [6.07, 6.45) is 10.4. The van der Waals surface area contributed by atoms with Crippen molar-refractivity contribution in [2.45, 2.75) is 38.8 Å². The molecule has 2 rings (SSSR count). The summed E-state index contributed by atoms with van der Waals surface area (Å²) in [5, 5.41) is 2.35. The molecule has 0 spiro atoms. The second-order valence-corrected chi connectivity index (χ2v) is 13.0. The van der Waals surface area contributed by atoms with E-state index in [1.165, 1.54) is 23.6 Å². The first-order valence-electron chi connectivity index (χ1n) is 10.8. The van der Waals surface area contributed by atoms with Crippen molar-refractivity contribution in [3.8, 4) is 0 Å². The highest BCUT2D eigenvalue weighted by Crippen LogP contribution is 2.38. The van der Waals surface area contributed by atoms with Crippen molar-refractivity contribution < 1.29 is 14.0 Å². The van der Waals surface area contributed by atoms with E-state index in [-0.39, 0.29) is 17.1 Å². The van der Waals surface area contributed by atoms with Gasteiger partial charge in [-0.1, -0.05) is 118 Å². The summed E-state index contributed by atoms with van der Waals surface area (Å²) in [4.78, 5) is 11.2. The van der Waals surface area contributed by atoms with Crippen LogP contribution >= 0.6 is 0 Å². The fraction of sp³-hybridized carbons (Fsp3) is 0.250. The SMILES string of the molecule is C=C(C)C(/C=C/C=C\C=C\C(=O)OC)O[Si](c1ccccc1)(c1ccccc1)C(C)(C)C. The maximum absolute atomic E-state index is 11.2. The second kappa shape index (κ2) is 11.6. The Kier molecular flexibility index (Phi) is 9.18. The predicted molar refractivity (Wildman–Crippen MR) is 137 cm³/mol. The molecule has 0 aliphatic heterocycles. The Bertz CT molecular complexity index is 927. The first-order valence-corrected chi connectivity index (χ1v) is 12.7. The number of ether oxygens (including phenoxy) is 1. The van der Waals surface area contributed by atoms with Gasteiger partial charge in [0.1, 0.15) is 0 Å². The van der Waals surface area contributed by atoms with Crippen molar-refractivity contribution >= 4 is 24.7 Å². The van der Waals surface area contributed by atoms with Crippen LogP contribution in [0.2, 0.25) is 5.04 Å². The molecule has 0 amide bonds. The lowest BCUT2D eigenvalue weighted by Crippen LogP contribution is -2.67. The van der Waals surface area contributed by atoms with Gasteiger partial charge in [0.2, 0.25) is 0 Å². The third-order valence-electron chi connectivity index (χ3n) is 5.26. The van der Waals surface area contributed by atoms with Gasteiger partial charge in [0, 0.05) is 6.08 Å². The van der Waals surface area contributed by atoms with E-state index in [0.717, 1.165) is 5.57 Å². The first-order chi connectivity index (χ1) is 15.2. The van der Waals surface area contributed by atoms with Crippen molar-refractivity contribution in [2.75, 3.05) is 7.11 Å². The Labute approximate surface area is 193 Å². The van der Waals surface area contributed by atoms with Gasteiger partial charge < -0.3 is 9.16 Å². The number of benzene rings is 2. The van der Waals surface area contributed by atoms with E-state index in [1.807, 2.05) is 37.3 Å². The van der Waals surface area contributed by atoms with Gasteiger partial charge in [0.15, 0.2) is 0 Å². The number of carbonyl (C=O) groups is 1. The number of esters is 1. The Balaban J connectivity index is 2.48. The normalized spacial score (nSPS) is 13.7. The molecule has 0 aliphatic rings. The standard InChI is InChI=1S/C28H34O3Si/c1-23(2)26(21-15-7-8-16-22-27(29)30-6)31-32(28(3,4)5,24-17-11-9-12-18-24)25-19-13-10-14-20-25/h7-22,26H,1H2,2-6H3/b8-7-,21-15+,22-16+. The average molecular weight is 447 g/mol. The molecule has 2 aromatic carbocycles. The predicted octanol–water partition coefficient (Wildman–Crippen LogP) is 5.35. The lowest BCUT2D eigenvalue weighted by Gasteiger charge is -2.45. The molecule has 1 unspecified atom stereocenters. The van der Waals surface area contributed by atoms with Crippen molar-refractivity contribution in [2.24, 2.45) is 0 Å². The number of carbonyl (C=O) groups excluding carboxylic acids is 1. The molecule has 4 heteroatoms. The fourth-order valence-corrected chi connectivity index (χ4v) is 8.36. The summed E-state index contributed by atoms with van der Waals surface area (Å²) in [6.45, 7) is 13.0. The lowest BCUT2D eigenvalue weighted by atomic mass is 10.2. The molecule has 1 atom stereocenters. The fourth-order valence-electron chi connectivity index (χ4n) is 3.68. The molecular formula is C28H34O3Si. The monoisotopic (exact) mass is 446 g/mol. The topological polar surface area (TPSA) is 35.5 Å². The maximum atomic E-state index is 11.2. The average Bonchev–Trinajstić information content (AvgIpc) is 2.78.